The van der Waals surface area contributed by atoms with Crippen LogP contribution in [-0.4, -0.2) is 37.2 Å². The van der Waals surface area contributed by atoms with Crippen molar-refractivity contribution < 1.29 is 32.7 Å². The normalized spacial score (nSPS) is 12.8. The number of hydrogen-bond acceptors (Lipinski definition) is 5. The van der Waals surface area contributed by atoms with Crippen molar-refractivity contribution in [1.82, 2.24) is 14.3 Å². The number of ketones is 1. The Balaban J connectivity index is 1.44. The molecule has 0 fully saturated rings. The number of benzene rings is 2. The topological polar surface area (TPSA) is 143 Å². The van der Waals surface area contributed by atoms with Crippen LogP contribution in [0.1, 0.15) is 28.0 Å². The minimum absolute atomic E-state index is 0.00970. The molecule has 0 bridgehead atoms. The Labute approximate surface area is 232 Å². The quantitative estimate of drug-likeness (QED) is 0.311. The standard InChI is InChI=1S/C27H18ClF3N4O6/c28-14-3-6-18(27(29,30)31)16(9-14)17-10-24(39)34(19-7-8-21(36)25(17)19)12-23(38)32-15-4-1-13(2-5-15)20-11-22(37)33-35(20)26(40)41/h1-6,9-11H,7-8,12H2,(H,32,38)(H,33,37)(H,40,41). The summed E-state index contributed by atoms with van der Waals surface area (Å²) >= 11 is 5.96. The Morgan fingerprint density at radius 3 is 2.34 bits per heavy atom. The molecule has 10 nitrogen and oxygen atoms in total. The van der Waals surface area contributed by atoms with Crippen LogP contribution in [0.2, 0.25) is 5.02 Å². The molecule has 2 aromatic heterocycles. The Morgan fingerprint density at radius 1 is 0.976 bits per heavy atom. The third-order valence-electron chi connectivity index (χ3n) is 6.55. The molecule has 2 heterocycles. The lowest BCUT2D eigenvalue weighted by Crippen LogP contribution is -2.30. The summed E-state index contributed by atoms with van der Waals surface area (Å²) in [7, 11) is 0. The van der Waals surface area contributed by atoms with Crippen molar-refractivity contribution in [2.24, 2.45) is 0 Å². The third-order valence-corrected chi connectivity index (χ3v) is 6.79. The maximum absolute atomic E-state index is 13.7. The summed E-state index contributed by atoms with van der Waals surface area (Å²) < 4.78 is 42.9. The van der Waals surface area contributed by atoms with Gasteiger partial charge in [-0.2, -0.15) is 17.9 Å². The predicted molar refractivity (Wildman–Crippen MR) is 141 cm³/mol. The molecule has 0 unspecified atom stereocenters. The first-order chi connectivity index (χ1) is 19.3. The second kappa shape index (κ2) is 10.2. The van der Waals surface area contributed by atoms with Crippen molar-refractivity contribution in [3.8, 4) is 22.4 Å². The molecule has 5 rings (SSSR count). The second-order valence-electron chi connectivity index (χ2n) is 9.16. The van der Waals surface area contributed by atoms with Crippen LogP contribution in [0.4, 0.5) is 23.7 Å². The number of aromatic nitrogens is 3. The minimum atomic E-state index is -4.77. The summed E-state index contributed by atoms with van der Waals surface area (Å²) in [6, 6.07) is 10.8. The monoisotopic (exact) mass is 586 g/mol. The summed E-state index contributed by atoms with van der Waals surface area (Å²) in [6.07, 6.45) is -6.15. The second-order valence-corrected chi connectivity index (χ2v) is 9.60. The van der Waals surface area contributed by atoms with E-state index in [0.29, 0.717) is 10.2 Å². The Morgan fingerprint density at radius 2 is 1.68 bits per heavy atom. The summed E-state index contributed by atoms with van der Waals surface area (Å²) in [4.78, 5) is 61.6. The smallest absolute Gasteiger partial charge is 0.431 e. The number of amides is 1. The highest BCUT2D eigenvalue weighted by molar-refractivity contribution is 6.31. The van der Waals surface area contributed by atoms with Gasteiger partial charge in [0, 0.05) is 51.6 Å². The molecule has 1 amide bonds. The molecule has 0 saturated carbocycles. The molecule has 3 N–H and O–H groups in total. The van der Waals surface area contributed by atoms with Crippen molar-refractivity contribution in [1.29, 1.82) is 0 Å². The largest absolute Gasteiger partial charge is 0.463 e. The Hall–Kier alpha value is -4.91. The van der Waals surface area contributed by atoms with Gasteiger partial charge >= 0.3 is 12.3 Å². The molecule has 14 heteroatoms. The van der Waals surface area contributed by atoms with Crippen LogP contribution < -0.4 is 16.4 Å². The van der Waals surface area contributed by atoms with Gasteiger partial charge in [0.05, 0.1) is 11.3 Å². The van der Waals surface area contributed by atoms with Gasteiger partial charge in [0.15, 0.2) is 5.78 Å². The molecule has 1 aliphatic carbocycles. The van der Waals surface area contributed by atoms with Crippen molar-refractivity contribution in [3.05, 3.63) is 97.1 Å². The van der Waals surface area contributed by atoms with Gasteiger partial charge in [-0.15, -0.1) is 0 Å². The number of anilines is 1. The fraction of sp³-hybridized carbons (Fsp3) is 0.148. The Kier molecular flexibility index (Phi) is 6.91. The van der Waals surface area contributed by atoms with Crippen molar-refractivity contribution in [2.75, 3.05) is 5.32 Å². The number of carbonyl (C=O) groups excluding carboxylic acids is 2. The zero-order chi connectivity index (χ0) is 29.6. The van der Waals surface area contributed by atoms with E-state index in [2.05, 4.69) is 10.4 Å². The van der Waals surface area contributed by atoms with Gasteiger partial charge in [-0.3, -0.25) is 24.3 Å². The van der Waals surface area contributed by atoms with Gasteiger partial charge in [0.25, 0.3) is 11.1 Å². The molecule has 0 spiro atoms. The van der Waals surface area contributed by atoms with Crippen LogP contribution in [0.15, 0.2) is 64.2 Å². The lowest BCUT2D eigenvalue weighted by Gasteiger charge is -2.18. The van der Waals surface area contributed by atoms with E-state index in [4.69, 9.17) is 11.6 Å². The lowest BCUT2D eigenvalue weighted by molar-refractivity contribution is -0.137. The molecular formula is C27H18ClF3N4O6. The zero-order valence-corrected chi connectivity index (χ0v) is 21.5. The molecular weight excluding hydrogens is 569 g/mol. The van der Waals surface area contributed by atoms with Crippen LogP contribution in [0, 0.1) is 0 Å². The fourth-order valence-electron chi connectivity index (χ4n) is 4.82. The number of carbonyl (C=O) groups is 3. The van der Waals surface area contributed by atoms with Gasteiger partial charge in [-0.25, -0.2) is 4.79 Å². The van der Waals surface area contributed by atoms with Gasteiger partial charge in [-0.1, -0.05) is 23.7 Å². The Bertz CT molecular complexity index is 1850. The van der Waals surface area contributed by atoms with Gasteiger partial charge in [0.1, 0.15) is 6.54 Å². The zero-order valence-electron chi connectivity index (χ0n) is 20.7. The number of carboxylic acid groups (broad SMARTS) is 1. The average molecular weight is 587 g/mol. The van der Waals surface area contributed by atoms with Crippen LogP contribution in [0.25, 0.3) is 22.4 Å². The number of halogens is 4. The first-order valence-electron chi connectivity index (χ1n) is 12.0. The van der Waals surface area contributed by atoms with E-state index in [1.165, 1.54) is 24.3 Å². The number of nitrogens with one attached hydrogen (secondary N) is 2. The fourth-order valence-corrected chi connectivity index (χ4v) is 4.99. The third kappa shape index (κ3) is 5.31. The number of rotatable bonds is 5. The maximum atomic E-state index is 13.7. The van der Waals surface area contributed by atoms with Crippen LogP contribution >= 0.6 is 11.6 Å². The van der Waals surface area contributed by atoms with E-state index in [0.717, 1.165) is 34.9 Å². The maximum Gasteiger partial charge on any atom is 0.431 e. The van der Waals surface area contributed by atoms with Gasteiger partial charge < -0.3 is 15.0 Å². The average Bonchev–Trinajstić information content (AvgIpc) is 3.48. The number of nitrogens with zero attached hydrogens (tertiary/aromatic N) is 2. The summed E-state index contributed by atoms with van der Waals surface area (Å²) in [5.41, 5.74) is -2.22. The number of aromatic amines is 1. The van der Waals surface area contributed by atoms with Crippen LogP contribution in [-0.2, 0) is 23.9 Å². The summed E-state index contributed by atoms with van der Waals surface area (Å²) in [6.45, 7) is -0.519. The summed E-state index contributed by atoms with van der Waals surface area (Å²) in [5.74, 6) is -1.12. The molecule has 2 aromatic carbocycles. The highest BCUT2D eigenvalue weighted by Crippen LogP contribution is 2.41. The number of hydrogen-bond donors (Lipinski definition) is 3. The van der Waals surface area contributed by atoms with E-state index in [9.17, 15) is 42.3 Å². The molecule has 210 valence electrons. The number of pyridine rings is 1. The van der Waals surface area contributed by atoms with E-state index in [1.807, 2.05) is 0 Å². The van der Waals surface area contributed by atoms with Gasteiger partial charge in [-0.05, 0) is 42.3 Å². The van der Waals surface area contributed by atoms with Gasteiger partial charge in [0.2, 0.25) is 5.91 Å². The molecule has 0 radical (unpaired) electrons. The molecule has 0 atom stereocenters. The van der Waals surface area contributed by atoms with E-state index < -0.39 is 52.8 Å². The molecule has 4 aromatic rings. The first kappa shape index (κ1) is 27.6. The molecule has 1 aliphatic rings. The van der Waals surface area contributed by atoms with Crippen LogP contribution in [0.5, 0.6) is 0 Å². The SMILES string of the molecule is O=C(Cn1c2c(c(-c3cc(Cl)ccc3C(F)(F)F)cc1=O)C(=O)CC2)Nc1ccc(-c2cc(=O)[nH]n2C(=O)O)cc1. The number of alkyl halides is 3. The van der Waals surface area contributed by atoms with Crippen molar-refractivity contribution in [3.63, 3.8) is 0 Å². The number of fused-ring (bicyclic) bond motifs is 1. The number of H-pyrrole nitrogens is 1. The molecule has 0 aliphatic heterocycles. The first-order valence-corrected chi connectivity index (χ1v) is 12.3. The highest BCUT2D eigenvalue weighted by Gasteiger charge is 2.36. The van der Waals surface area contributed by atoms with E-state index in [-0.39, 0.29) is 46.1 Å². The molecule has 41 heavy (non-hydrogen) atoms. The number of Topliss-reactive ketones (excluding diaryl/α,β-unsaturated/α-hetero) is 1. The van der Waals surface area contributed by atoms with Crippen molar-refractivity contribution in [2.45, 2.75) is 25.6 Å². The van der Waals surface area contributed by atoms with E-state index in [1.54, 1.807) is 0 Å². The van der Waals surface area contributed by atoms with E-state index >= 15 is 0 Å². The van der Waals surface area contributed by atoms with Crippen LogP contribution in [0.3, 0.4) is 0 Å². The highest BCUT2D eigenvalue weighted by atomic mass is 35.5. The predicted octanol–water partition coefficient (Wildman–Crippen LogP) is 4.64. The summed E-state index contributed by atoms with van der Waals surface area (Å²) in [5, 5.41) is 14.0. The molecule has 0 saturated heterocycles. The lowest BCUT2D eigenvalue weighted by atomic mass is 9.94. The minimum Gasteiger partial charge on any atom is -0.463 e. The van der Waals surface area contributed by atoms with Crippen molar-refractivity contribution >= 4 is 35.1 Å².